The highest BCUT2D eigenvalue weighted by atomic mass is 19.1. The molecule has 1 fully saturated rings. The molecule has 2 N–H and O–H groups in total. The fraction of sp³-hybridized carbons (Fsp3) is 0.333. The van der Waals surface area contributed by atoms with Gasteiger partial charge in [0.25, 0.3) is 11.5 Å². The summed E-state index contributed by atoms with van der Waals surface area (Å²) in [4.78, 5) is 36.0. The summed E-state index contributed by atoms with van der Waals surface area (Å²) in [5, 5.41) is 6.88. The smallest absolute Gasteiger partial charge is 0.274 e. The molecule has 4 heterocycles. The van der Waals surface area contributed by atoms with Gasteiger partial charge in [0.05, 0.1) is 22.6 Å². The summed E-state index contributed by atoms with van der Waals surface area (Å²) in [7, 11) is 1.59. The molecule has 1 aliphatic heterocycles. The lowest BCUT2D eigenvalue weighted by Gasteiger charge is -2.36. The maximum absolute atomic E-state index is 15.1. The minimum Gasteiger partial charge on any atom is -0.368 e. The van der Waals surface area contributed by atoms with E-state index in [1.807, 2.05) is 19.1 Å². The molecule has 0 saturated carbocycles. The van der Waals surface area contributed by atoms with E-state index in [1.165, 1.54) is 10.6 Å². The number of aromatic amines is 1. The number of pyridine rings is 1. The van der Waals surface area contributed by atoms with Crippen molar-refractivity contribution in [1.82, 2.24) is 29.8 Å². The van der Waals surface area contributed by atoms with E-state index in [-0.39, 0.29) is 17.0 Å². The number of aromatic nitrogens is 4. The van der Waals surface area contributed by atoms with Gasteiger partial charge >= 0.3 is 0 Å². The number of carbonyl (C=O) groups excluding carboxylic acids is 1. The molecule has 0 aliphatic carbocycles. The molecule has 1 saturated heterocycles. The van der Waals surface area contributed by atoms with Gasteiger partial charge in [-0.25, -0.2) is 13.9 Å². The van der Waals surface area contributed by atoms with Gasteiger partial charge in [0, 0.05) is 39.8 Å². The quantitative estimate of drug-likeness (QED) is 0.481. The van der Waals surface area contributed by atoms with Crippen LogP contribution in [0.3, 0.4) is 0 Å². The molecule has 0 atom stereocenters. The molecule has 10 heteroatoms. The highest BCUT2D eigenvalue weighted by Crippen LogP contribution is 2.23. The van der Waals surface area contributed by atoms with E-state index in [2.05, 4.69) is 30.2 Å². The first-order chi connectivity index (χ1) is 16.3. The molecule has 4 aromatic rings. The van der Waals surface area contributed by atoms with Crippen LogP contribution >= 0.6 is 0 Å². The predicted octanol–water partition coefficient (Wildman–Crippen LogP) is 2.01. The first-order valence-corrected chi connectivity index (χ1v) is 11.2. The Morgan fingerprint density at radius 2 is 1.91 bits per heavy atom. The Morgan fingerprint density at radius 3 is 2.62 bits per heavy atom. The zero-order valence-corrected chi connectivity index (χ0v) is 19.4. The van der Waals surface area contributed by atoms with Crippen LogP contribution in [0.4, 0.5) is 10.1 Å². The summed E-state index contributed by atoms with van der Waals surface area (Å²) in [5.74, 6) is -0.611. The number of amides is 1. The van der Waals surface area contributed by atoms with Crippen LogP contribution in [-0.4, -0.2) is 63.6 Å². The average molecular weight is 464 g/mol. The Balaban J connectivity index is 1.32. The molecule has 1 amide bonds. The van der Waals surface area contributed by atoms with Gasteiger partial charge in [0.1, 0.15) is 16.7 Å². The summed E-state index contributed by atoms with van der Waals surface area (Å²) in [6, 6.07) is 8.68. The fourth-order valence-electron chi connectivity index (χ4n) is 4.62. The Hall–Kier alpha value is -3.79. The van der Waals surface area contributed by atoms with Crippen molar-refractivity contribution in [3.8, 4) is 0 Å². The molecule has 0 bridgehead atoms. The molecule has 1 aliphatic rings. The lowest BCUT2D eigenvalue weighted by molar-refractivity contribution is 0.0958. The van der Waals surface area contributed by atoms with Gasteiger partial charge in [0.2, 0.25) is 0 Å². The van der Waals surface area contributed by atoms with E-state index in [4.69, 9.17) is 0 Å². The third-order valence-electron chi connectivity index (χ3n) is 6.28. The van der Waals surface area contributed by atoms with Crippen molar-refractivity contribution >= 4 is 28.1 Å². The molecule has 0 unspecified atom stereocenters. The van der Waals surface area contributed by atoms with Crippen LogP contribution in [-0.2, 0) is 6.54 Å². The Bertz CT molecular complexity index is 1470. The second-order valence-corrected chi connectivity index (χ2v) is 8.65. The van der Waals surface area contributed by atoms with Gasteiger partial charge in [0.15, 0.2) is 5.82 Å². The standard InChI is InChI=1S/C24H26FN7O2/c1-14-10-21-24(34)28-19-12-16(11-17(25)22(19)32(21)29-14)13-30-6-8-31(9-7-30)20-5-4-18(23(33)26-3)27-15(20)2/h4-5,10-12H,6-9,13H2,1-3H3,(H,26,33)(H,28,34). The van der Waals surface area contributed by atoms with Crippen LogP contribution in [0.25, 0.3) is 16.6 Å². The third kappa shape index (κ3) is 3.90. The van der Waals surface area contributed by atoms with Crippen molar-refractivity contribution in [3.05, 3.63) is 69.1 Å². The van der Waals surface area contributed by atoms with E-state index in [9.17, 15) is 9.59 Å². The largest absolute Gasteiger partial charge is 0.368 e. The Kier molecular flexibility index (Phi) is 5.52. The summed E-state index contributed by atoms with van der Waals surface area (Å²) >= 11 is 0. The summed E-state index contributed by atoms with van der Waals surface area (Å²) in [6.45, 7) is 7.44. The van der Waals surface area contributed by atoms with Gasteiger partial charge in [-0.1, -0.05) is 0 Å². The van der Waals surface area contributed by atoms with E-state index in [0.717, 1.165) is 43.1 Å². The molecule has 9 nitrogen and oxygen atoms in total. The van der Waals surface area contributed by atoms with Crippen LogP contribution in [0.15, 0.2) is 35.1 Å². The van der Waals surface area contributed by atoms with Crippen LogP contribution < -0.4 is 15.8 Å². The SMILES string of the molecule is CNC(=O)c1ccc(N2CCN(Cc3cc(F)c4c(c3)[nH]c(=O)c3cc(C)nn34)CC2)c(C)n1. The van der Waals surface area contributed by atoms with Crippen molar-refractivity contribution in [1.29, 1.82) is 0 Å². The van der Waals surface area contributed by atoms with Crippen molar-refractivity contribution in [2.75, 3.05) is 38.1 Å². The molecular formula is C24H26FN7O2. The normalized spacial score (nSPS) is 14.8. The second-order valence-electron chi connectivity index (χ2n) is 8.65. The Labute approximate surface area is 195 Å². The number of hydrogen-bond acceptors (Lipinski definition) is 6. The molecule has 0 spiro atoms. The van der Waals surface area contributed by atoms with Crippen LogP contribution in [0, 0.1) is 19.7 Å². The predicted molar refractivity (Wildman–Crippen MR) is 128 cm³/mol. The number of fused-ring (bicyclic) bond motifs is 3. The van der Waals surface area contributed by atoms with Crippen LogP contribution in [0.2, 0.25) is 0 Å². The van der Waals surface area contributed by atoms with Gasteiger partial charge < -0.3 is 15.2 Å². The number of nitrogens with zero attached hydrogens (tertiary/aromatic N) is 5. The lowest BCUT2D eigenvalue weighted by atomic mass is 10.1. The number of piperazine rings is 1. The molecule has 34 heavy (non-hydrogen) atoms. The van der Waals surface area contributed by atoms with Crippen LogP contribution in [0.5, 0.6) is 0 Å². The number of aryl methyl sites for hydroxylation is 2. The Morgan fingerprint density at radius 1 is 1.15 bits per heavy atom. The molecule has 3 aromatic heterocycles. The highest BCUT2D eigenvalue weighted by Gasteiger charge is 2.21. The summed E-state index contributed by atoms with van der Waals surface area (Å²) in [5.41, 5.74) is 4.45. The zero-order valence-electron chi connectivity index (χ0n) is 19.4. The number of anilines is 1. The molecule has 5 rings (SSSR count). The summed E-state index contributed by atoms with van der Waals surface area (Å²) < 4.78 is 16.5. The third-order valence-corrected chi connectivity index (χ3v) is 6.28. The van der Waals surface area contributed by atoms with Crippen LogP contribution in [0.1, 0.15) is 27.4 Å². The number of halogens is 1. The van der Waals surface area contributed by atoms with Gasteiger partial charge in [-0.15, -0.1) is 0 Å². The first-order valence-electron chi connectivity index (χ1n) is 11.2. The van der Waals surface area contributed by atoms with E-state index < -0.39 is 5.82 Å². The van der Waals surface area contributed by atoms with Gasteiger partial charge in [-0.3, -0.25) is 14.5 Å². The zero-order chi connectivity index (χ0) is 24.0. The average Bonchev–Trinajstić information content (AvgIpc) is 3.20. The topological polar surface area (TPSA) is 98.6 Å². The van der Waals surface area contributed by atoms with Gasteiger partial charge in [-0.05, 0) is 49.7 Å². The number of benzene rings is 1. The molecular weight excluding hydrogens is 437 g/mol. The minimum absolute atomic E-state index is 0.202. The lowest BCUT2D eigenvalue weighted by Crippen LogP contribution is -2.46. The number of carbonyl (C=O) groups is 1. The minimum atomic E-state index is -0.409. The number of H-pyrrole nitrogens is 1. The van der Waals surface area contributed by atoms with E-state index >= 15 is 4.39 Å². The van der Waals surface area contributed by atoms with Crippen molar-refractivity contribution in [3.63, 3.8) is 0 Å². The van der Waals surface area contributed by atoms with Crippen molar-refractivity contribution in [2.45, 2.75) is 20.4 Å². The maximum Gasteiger partial charge on any atom is 0.274 e. The van der Waals surface area contributed by atoms with Crippen molar-refractivity contribution < 1.29 is 9.18 Å². The van der Waals surface area contributed by atoms with Crippen molar-refractivity contribution in [2.24, 2.45) is 0 Å². The fourth-order valence-corrected chi connectivity index (χ4v) is 4.62. The second kappa shape index (κ2) is 8.53. The molecule has 176 valence electrons. The molecule has 1 aromatic carbocycles. The van der Waals surface area contributed by atoms with E-state index in [1.54, 1.807) is 26.1 Å². The maximum atomic E-state index is 15.1. The number of nitrogens with one attached hydrogen (secondary N) is 2. The number of rotatable bonds is 4. The summed E-state index contributed by atoms with van der Waals surface area (Å²) in [6.07, 6.45) is 0. The van der Waals surface area contributed by atoms with E-state index in [0.29, 0.717) is 29.0 Å². The first kappa shape index (κ1) is 22.0. The van der Waals surface area contributed by atoms with Gasteiger partial charge in [-0.2, -0.15) is 5.10 Å². The molecule has 0 radical (unpaired) electrons. The highest BCUT2D eigenvalue weighted by molar-refractivity contribution is 5.92. The monoisotopic (exact) mass is 463 g/mol. The number of hydrogen-bond donors (Lipinski definition) is 2.